The summed E-state index contributed by atoms with van der Waals surface area (Å²) in [5.74, 6) is -0.805. The molecule has 37 heavy (non-hydrogen) atoms. The van der Waals surface area contributed by atoms with Crippen LogP contribution in [0.4, 0.5) is 9.18 Å². The molecular weight excluding hydrogens is 467 g/mol. The van der Waals surface area contributed by atoms with E-state index in [1.165, 1.54) is 17.0 Å². The number of carbonyl (C=O) groups is 2. The summed E-state index contributed by atoms with van der Waals surface area (Å²) in [6.45, 7) is 2.57. The highest BCUT2D eigenvalue weighted by atomic mass is 19.1. The molecule has 2 heterocycles. The zero-order chi connectivity index (χ0) is 25.6. The lowest BCUT2D eigenvalue weighted by Gasteiger charge is -2.37. The summed E-state index contributed by atoms with van der Waals surface area (Å²) in [6, 6.07) is 23.9. The van der Waals surface area contributed by atoms with Crippen molar-refractivity contribution in [2.75, 3.05) is 26.2 Å². The summed E-state index contributed by atoms with van der Waals surface area (Å²) in [5, 5.41) is 12.9. The van der Waals surface area contributed by atoms with Crippen molar-refractivity contribution in [1.82, 2.24) is 15.1 Å². The molecule has 1 unspecified atom stereocenters. The minimum absolute atomic E-state index is 0.276. The van der Waals surface area contributed by atoms with Crippen LogP contribution < -0.4 is 5.32 Å². The Balaban J connectivity index is 1.15. The van der Waals surface area contributed by atoms with Gasteiger partial charge in [-0.3, -0.25) is 9.69 Å². The number of carbonyl (C=O) groups excluding carboxylic acids is 2. The van der Waals surface area contributed by atoms with Gasteiger partial charge in [0.05, 0.1) is 11.5 Å². The number of benzene rings is 3. The lowest BCUT2D eigenvalue weighted by Crippen LogP contribution is -2.44. The minimum Gasteiger partial charge on any atom is -0.315 e. The van der Waals surface area contributed by atoms with Gasteiger partial charge >= 0.3 is 6.03 Å². The topological polar surface area (TPSA) is 76.4 Å². The van der Waals surface area contributed by atoms with Gasteiger partial charge in [-0.1, -0.05) is 60.7 Å². The molecule has 186 valence electrons. The fourth-order valence-corrected chi connectivity index (χ4v) is 6.23. The molecule has 6 nitrogen and oxygen atoms in total. The zero-order valence-electron chi connectivity index (χ0n) is 20.4. The van der Waals surface area contributed by atoms with Gasteiger partial charge in [-0.15, -0.1) is 0 Å². The molecule has 3 amide bonds. The smallest absolute Gasteiger partial charge is 0.315 e. The molecule has 1 N–H and O–H groups in total. The van der Waals surface area contributed by atoms with Crippen molar-refractivity contribution in [1.29, 1.82) is 5.26 Å². The second kappa shape index (κ2) is 8.82. The maximum atomic E-state index is 14.3. The standard InChI is InChI=1S/C30H27FN4O2/c31-22-11-12-24-23-9-4-5-10-25(23)30(26(24)19-22)27(36)35(28(37)33-30)16-6-15-34-17-13-29(20-32,14-18-34)21-7-2-1-3-8-21/h1-5,7-12,19H,6,13-18H2,(H,33,37). The van der Waals surface area contributed by atoms with Gasteiger partial charge in [-0.2, -0.15) is 5.26 Å². The summed E-state index contributed by atoms with van der Waals surface area (Å²) < 4.78 is 14.3. The van der Waals surface area contributed by atoms with Crippen LogP contribution >= 0.6 is 0 Å². The van der Waals surface area contributed by atoms with Crippen molar-refractivity contribution >= 4 is 11.9 Å². The van der Waals surface area contributed by atoms with Crippen LogP contribution in [0.5, 0.6) is 0 Å². The van der Waals surface area contributed by atoms with Crippen LogP contribution in [0.25, 0.3) is 11.1 Å². The maximum Gasteiger partial charge on any atom is 0.325 e. The van der Waals surface area contributed by atoms with Crippen LogP contribution in [-0.2, 0) is 15.7 Å². The average molecular weight is 495 g/mol. The lowest BCUT2D eigenvalue weighted by atomic mass is 9.74. The molecule has 0 bridgehead atoms. The number of hydrogen-bond donors (Lipinski definition) is 1. The molecule has 2 saturated heterocycles. The number of hydrogen-bond acceptors (Lipinski definition) is 4. The predicted molar refractivity (Wildman–Crippen MR) is 137 cm³/mol. The summed E-state index contributed by atoms with van der Waals surface area (Å²) in [4.78, 5) is 30.4. The molecule has 3 aromatic carbocycles. The number of likely N-dealkylation sites (tertiary alicyclic amines) is 1. The Hall–Kier alpha value is -4.02. The molecule has 1 spiro atoms. The van der Waals surface area contributed by atoms with E-state index in [0.29, 0.717) is 17.5 Å². The maximum absolute atomic E-state index is 14.3. The van der Waals surface area contributed by atoms with Crippen LogP contribution in [0.2, 0.25) is 0 Å². The van der Waals surface area contributed by atoms with E-state index in [-0.39, 0.29) is 12.5 Å². The van der Waals surface area contributed by atoms with Gasteiger partial charge in [-0.25, -0.2) is 9.18 Å². The van der Waals surface area contributed by atoms with E-state index in [1.54, 1.807) is 6.07 Å². The molecule has 0 radical (unpaired) electrons. The van der Waals surface area contributed by atoms with Crippen molar-refractivity contribution in [2.24, 2.45) is 0 Å². The first kappa shape index (κ1) is 23.4. The van der Waals surface area contributed by atoms with E-state index < -0.39 is 22.8 Å². The fourth-order valence-electron chi connectivity index (χ4n) is 6.23. The molecule has 1 atom stereocenters. The number of rotatable bonds is 5. The molecular formula is C30H27FN4O2. The van der Waals surface area contributed by atoms with Gasteiger partial charge < -0.3 is 10.2 Å². The fraction of sp³-hybridized carbons (Fsp3) is 0.300. The largest absolute Gasteiger partial charge is 0.325 e. The van der Waals surface area contributed by atoms with E-state index in [4.69, 9.17) is 0 Å². The van der Waals surface area contributed by atoms with E-state index in [0.717, 1.165) is 49.2 Å². The Morgan fingerprint density at radius 2 is 1.59 bits per heavy atom. The summed E-state index contributed by atoms with van der Waals surface area (Å²) in [5.41, 5.74) is 1.98. The van der Waals surface area contributed by atoms with Crippen LogP contribution in [0.15, 0.2) is 72.8 Å². The Kier molecular flexibility index (Phi) is 5.58. The molecule has 7 heteroatoms. The lowest BCUT2D eigenvalue weighted by molar-refractivity contribution is -0.130. The van der Waals surface area contributed by atoms with E-state index in [2.05, 4.69) is 16.3 Å². The first-order valence-electron chi connectivity index (χ1n) is 12.7. The summed E-state index contributed by atoms with van der Waals surface area (Å²) in [7, 11) is 0. The third-order valence-electron chi connectivity index (χ3n) is 8.22. The van der Waals surface area contributed by atoms with Gasteiger partial charge in [-0.05, 0) is 73.3 Å². The highest BCUT2D eigenvalue weighted by Crippen LogP contribution is 2.50. The third kappa shape index (κ3) is 3.55. The highest BCUT2D eigenvalue weighted by molar-refractivity contribution is 6.13. The Morgan fingerprint density at radius 3 is 2.35 bits per heavy atom. The number of nitriles is 1. The molecule has 2 fully saturated rings. The monoisotopic (exact) mass is 494 g/mol. The second-order valence-electron chi connectivity index (χ2n) is 10.1. The Labute approximate surface area is 215 Å². The van der Waals surface area contributed by atoms with Crippen molar-refractivity contribution in [3.8, 4) is 17.2 Å². The van der Waals surface area contributed by atoms with Gasteiger partial charge in [0.25, 0.3) is 5.91 Å². The number of piperidine rings is 1. The van der Waals surface area contributed by atoms with Crippen LogP contribution in [0.1, 0.15) is 36.0 Å². The van der Waals surface area contributed by atoms with E-state index >= 15 is 0 Å². The molecule has 0 aromatic heterocycles. The normalized spacial score (nSPS) is 22.0. The SMILES string of the molecule is N#CC1(c2ccccc2)CCN(CCCN2C(=O)NC3(C2=O)c2ccccc2-c2ccc(F)cc23)CC1. The zero-order valence-corrected chi connectivity index (χ0v) is 20.4. The molecule has 2 aliphatic heterocycles. The number of urea groups is 1. The highest BCUT2D eigenvalue weighted by Gasteiger charge is 2.58. The van der Waals surface area contributed by atoms with Crippen molar-refractivity contribution < 1.29 is 14.0 Å². The quantitative estimate of drug-likeness (QED) is 0.528. The minimum atomic E-state index is -1.39. The van der Waals surface area contributed by atoms with Gasteiger partial charge in [0, 0.05) is 12.1 Å². The number of amides is 3. The van der Waals surface area contributed by atoms with Crippen molar-refractivity contribution in [2.45, 2.75) is 30.2 Å². The third-order valence-corrected chi connectivity index (χ3v) is 8.22. The van der Waals surface area contributed by atoms with Gasteiger partial charge in [0.15, 0.2) is 5.54 Å². The van der Waals surface area contributed by atoms with Crippen LogP contribution in [-0.4, -0.2) is 47.9 Å². The molecule has 1 aliphatic carbocycles. The Bertz CT molecular complexity index is 1420. The number of halogens is 1. The van der Waals surface area contributed by atoms with Crippen LogP contribution in [0.3, 0.4) is 0 Å². The first-order valence-corrected chi connectivity index (χ1v) is 12.7. The number of nitrogens with zero attached hydrogens (tertiary/aromatic N) is 3. The summed E-state index contributed by atoms with van der Waals surface area (Å²) >= 11 is 0. The summed E-state index contributed by atoms with van der Waals surface area (Å²) in [6.07, 6.45) is 2.12. The molecule has 3 aliphatic rings. The number of nitrogens with one attached hydrogen (secondary N) is 1. The van der Waals surface area contributed by atoms with Gasteiger partial charge in [0.2, 0.25) is 0 Å². The second-order valence-corrected chi connectivity index (χ2v) is 10.1. The average Bonchev–Trinajstić information content (AvgIpc) is 3.35. The van der Waals surface area contributed by atoms with Gasteiger partial charge in [0.1, 0.15) is 5.82 Å². The Morgan fingerprint density at radius 1 is 0.892 bits per heavy atom. The van der Waals surface area contributed by atoms with Crippen LogP contribution in [0, 0.1) is 17.1 Å². The molecule has 0 saturated carbocycles. The number of fused-ring (bicyclic) bond motifs is 5. The molecule has 3 aromatic rings. The number of imide groups is 1. The molecule has 6 rings (SSSR count). The van der Waals surface area contributed by atoms with E-state index in [9.17, 15) is 19.2 Å². The van der Waals surface area contributed by atoms with Crippen molar-refractivity contribution in [3.05, 3.63) is 95.3 Å². The van der Waals surface area contributed by atoms with E-state index in [1.807, 2.05) is 54.6 Å². The van der Waals surface area contributed by atoms with Crippen molar-refractivity contribution in [3.63, 3.8) is 0 Å². The first-order chi connectivity index (χ1) is 18.0. The predicted octanol–water partition coefficient (Wildman–Crippen LogP) is 4.55.